The summed E-state index contributed by atoms with van der Waals surface area (Å²) in [6.45, 7) is 17.4. The van der Waals surface area contributed by atoms with Crippen molar-refractivity contribution >= 4 is 7.32 Å². The normalized spacial score (nSPS) is 11.8. The first-order valence-corrected chi connectivity index (χ1v) is 19.3. The van der Waals surface area contributed by atoms with Gasteiger partial charge in [-0.05, 0) is 26.2 Å². The lowest BCUT2D eigenvalue weighted by molar-refractivity contribution is -0.704. The molecule has 0 saturated heterocycles. The smallest absolute Gasteiger partial charge is 0.386 e. The molecule has 0 bridgehead atoms. The molecule has 0 amide bonds. The number of hydrogen-bond acceptors (Lipinski definition) is 3. The Morgan fingerprint density at radius 1 is 0.591 bits per heavy atom. The van der Waals surface area contributed by atoms with Crippen LogP contribution in [-0.2, 0) is 20.5 Å². The molecule has 0 aliphatic heterocycles. The van der Waals surface area contributed by atoms with Crippen molar-refractivity contribution in [1.29, 1.82) is 0 Å². The van der Waals surface area contributed by atoms with Crippen molar-refractivity contribution in [2.24, 2.45) is 0 Å². The average Bonchev–Trinajstić information content (AvgIpc) is 3.05. The standard InChI is InChI=1S/C31H59BNO3.C8H17/c1-5-9-12-15-18-23-28-34-32(35-29-24-19-16-13-10-6-2)36-31(26-20-17-14-11-7-3)30-25-21-22-27-33(30)8-4;1-3-5-7-8-6-4-2/h21-22,25,27,31H,5-20,23-24,26,28-29H2,1-4H3;1,3-8H2,2H3/q+1;-1. The van der Waals surface area contributed by atoms with Crippen LogP contribution in [0.5, 0.6) is 0 Å². The van der Waals surface area contributed by atoms with Crippen molar-refractivity contribution in [2.75, 3.05) is 13.2 Å². The lowest BCUT2D eigenvalue weighted by Crippen LogP contribution is -2.40. The van der Waals surface area contributed by atoms with Crippen LogP contribution >= 0.6 is 0 Å². The molecule has 258 valence electrons. The van der Waals surface area contributed by atoms with Gasteiger partial charge in [-0.25, -0.2) is 4.57 Å². The Morgan fingerprint density at radius 2 is 1.05 bits per heavy atom. The van der Waals surface area contributed by atoms with Crippen LogP contribution in [0.2, 0.25) is 0 Å². The van der Waals surface area contributed by atoms with Gasteiger partial charge in [0.05, 0.1) is 0 Å². The lowest BCUT2D eigenvalue weighted by atomic mass is 10.0. The maximum Gasteiger partial charge on any atom is 0.640 e. The van der Waals surface area contributed by atoms with E-state index >= 15 is 0 Å². The fraction of sp³-hybridized carbons (Fsp3) is 0.846. The summed E-state index contributed by atoms with van der Waals surface area (Å²) in [5.74, 6) is 0. The number of aromatic nitrogens is 1. The first-order valence-electron chi connectivity index (χ1n) is 19.3. The van der Waals surface area contributed by atoms with Crippen molar-refractivity contribution < 1.29 is 18.5 Å². The molecule has 0 aromatic carbocycles. The zero-order chi connectivity index (χ0) is 32.4. The quantitative estimate of drug-likeness (QED) is 0.0359. The zero-order valence-corrected chi connectivity index (χ0v) is 30.4. The molecule has 0 aliphatic carbocycles. The Labute approximate surface area is 277 Å². The van der Waals surface area contributed by atoms with E-state index in [1.54, 1.807) is 0 Å². The fourth-order valence-electron chi connectivity index (χ4n) is 5.45. The van der Waals surface area contributed by atoms with E-state index in [0.29, 0.717) is 13.2 Å². The molecule has 1 heterocycles. The minimum Gasteiger partial charge on any atom is -0.386 e. The highest BCUT2D eigenvalue weighted by Crippen LogP contribution is 2.24. The minimum absolute atomic E-state index is 0.00751. The molecule has 1 aromatic heterocycles. The third kappa shape index (κ3) is 26.3. The van der Waals surface area contributed by atoms with Crippen LogP contribution in [0, 0.1) is 6.92 Å². The van der Waals surface area contributed by atoms with Gasteiger partial charge in [0.25, 0.3) is 0 Å². The predicted molar refractivity (Wildman–Crippen MR) is 193 cm³/mol. The number of pyridine rings is 1. The molecule has 5 heteroatoms. The summed E-state index contributed by atoms with van der Waals surface area (Å²) in [4.78, 5) is 0. The predicted octanol–water partition coefficient (Wildman–Crippen LogP) is 12.3. The zero-order valence-electron chi connectivity index (χ0n) is 30.4. The number of unbranched alkanes of at least 4 members (excludes halogenated alkanes) is 19. The van der Waals surface area contributed by atoms with E-state index in [2.05, 4.69) is 70.5 Å². The van der Waals surface area contributed by atoms with Gasteiger partial charge in [0.1, 0.15) is 12.6 Å². The third-order valence-electron chi connectivity index (χ3n) is 8.35. The van der Waals surface area contributed by atoms with E-state index < -0.39 is 7.32 Å². The molecular weight excluding hydrogens is 541 g/mol. The molecule has 0 fully saturated rings. The SMILES string of the molecule is CCCCCCCCOB(OCCCCCCCC)OC(CCCCCCC)c1cccc[n+]1CC.[CH2-]CCCCCCC. The third-order valence-corrected chi connectivity index (χ3v) is 8.35. The lowest BCUT2D eigenvalue weighted by Gasteiger charge is -2.21. The molecule has 0 radical (unpaired) electrons. The number of nitrogens with zero attached hydrogens (tertiary/aromatic N) is 1. The molecule has 0 N–H and O–H groups in total. The van der Waals surface area contributed by atoms with Gasteiger partial charge in [0.2, 0.25) is 5.69 Å². The van der Waals surface area contributed by atoms with Crippen LogP contribution < -0.4 is 4.57 Å². The van der Waals surface area contributed by atoms with Crippen molar-refractivity contribution in [3.05, 3.63) is 37.0 Å². The Morgan fingerprint density at radius 3 is 1.52 bits per heavy atom. The molecule has 1 aromatic rings. The van der Waals surface area contributed by atoms with E-state index in [4.69, 9.17) is 14.0 Å². The number of hydrogen-bond donors (Lipinski definition) is 0. The van der Waals surface area contributed by atoms with Gasteiger partial charge in [-0.1, -0.05) is 162 Å². The van der Waals surface area contributed by atoms with Crippen molar-refractivity contribution in [3.63, 3.8) is 0 Å². The minimum atomic E-state index is -0.581. The Bertz CT molecular complexity index is 665. The average molecular weight is 618 g/mol. The second-order valence-electron chi connectivity index (χ2n) is 12.6. The van der Waals surface area contributed by atoms with Crippen LogP contribution in [0.25, 0.3) is 0 Å². The van der Waals surface area contributed by atoms with Gasteiger partial charge in [0, 0.05) is 25.3 Å². The van der Waals surface area contributed by atoms with Gasteiger partial charge in [-0.2, -0.15) is 6.42 Å². The molecule has 0 saturated carbocycles. The van der Waals surface area contributed by atoms with Crippen LogP contribution in [-0.4, -0.2) is 20.5 Å². The molecule has 4 nitrogen and oxygen atoms in total. The summed E-state index contributed by atoms with van der Waals surface area (Å²) < 4.78 is 21.3. The first-order chi connectivity index (χ1) is 21.7. The topological polar surface area (TPSA) is 31.6 Å². The van der Waals surface area contributed by atoms with E-state index in [1.165, 1.54) is 134 Å². The molecule has 1 rings (SSSR count). The fourth-order valence-corrected chi connectivity index (χ4v) is 5.45. The van der Waals surface area contributed by atoms with Crippen molar-refractivity contribution in [1.82, 2.24) is 0 Å². The molecule has 1 unspecified atom stereocenters. The Kier molecular flexibility index (Phi) is 34.2. The summed E-state index contributed by atoms with van der Waals surface area (Å²) in [7, 11) is -0.581. The van der Waals surface area contributed by atoms with Crippen LogP contribution in [0.4, 0.5) is 0 Å². The first kappa shape index (κ1) is 43.1. The molecule has 1 atom stereocenters. The van der Waals surface area contributed by atoms with Gasteiger partial charge in [-0.15, -0.1) is 0 Å². The number of rotatable bonds is 31. The number of aryl methyl sites for hydroxylation is 1. The molecular formula is C39H76BNO3. The maximum atomic E-state index is 6.61. The summed E-state index contributed by atoms with van der Waals surface area (Å²) in [5, 5.41) is 0. The Balaban J connectivity index is 0.00000202. The summed E-state index contributed by atoms with van der Waals surface area (Å²) in [6.07, 6.45) is 32.5. The van der Waals surface area contributed by atoms with E-state index in [9.17, 15) is 0 Å². The van der Waals surface area contributed by atoms with Gasteiger partial charge in [0.15, 0.2) is 6.20 Å². The molecule has 44 heavy (non-hydrogen) atoms. The monoisotopic (exact) mass is 618 g/mol. The summed E-state index contributed by atoms with van der Waals surface area (Å²) >= 11 is 0. The van der Waals surface area contributed by atoms with E-state index in [1.807, 2.05) is 0 Å². The Hall–Kier alpha value is -0.905. The van der Waals surface area contributed by atoms with Crippen LogP contribution in [0.3, 0.4) is 0 Å². The highest BCUT2D eigenvalue weighted by Gasteiger charge is 2.31. The second kappa shape index (κ2) is 35.0. The van der Waals surface area contributed by atoms with Gasteiger partial charge in [-0.3, -0.25) is 0 Å². The van der Waals surface area contributed by atoms with Crippen LogP contribution in [0.1, 0.15) is 201 Å². The largest absolute Gasteiger partial charge is 0.640 e. The van der Waals surface area contributed by atoms with Gasteiger partial charge < -0.3 is 20.9 Å². The highest BCUT2D eigenvalue weighted by molar-refractivity contribution is 6.36. The second-order valence-corrected chi connectivity index (χ2v) is 12.6. The van der Waals surface area contributed by atoms with Crippen molar-refractivity contribution in [2.45, 2.75) is 201 Å². The van der Waals surface area contributed by atoms with Gasteiger partial charge >= 0.3 is 7.32 Å². The summed E-state index contributed by atoms with van der Waals surface area (Å²) in [6, 6.07) is 6.43. The van der Waals surface area contributed by atoms with E-state index in [-0.39, 0.29) is 6.10 Å². The summed E-state index contributed by atoms with van der Waals surface area (Å²) in [5.41, 5.74) is 1.23. The highest BCUT2D eigenvalue weighted by atomic mass is 16.7. The van der Waals surface area contributed by atoms with Crippen molar-refractivity contribution in [3.8, 4) is 0 Å². The molecule has 0 aliphatic rings. The maximum absolute atomic E-state index is 6.61. The van der Waals surface area contributed by atoms with Crippen LogP contribution in [0.15, 0.2) is 24.4 Å². The molecule has 0 spiro atoms. The van der Waals surface area contributed by atoms with E-state index in [0.717, 1.165) is 32.2 Å².